The van der Waals surface area contributed by atoms with Gasteiger partial charge in [0.05, 0.1) is 0 Å². The molecule has 0 atom stereocenters. The Bertz CT molecular complexity index is 772. The summed E-state index contributed by atoms with van der Waals surface area (Å²) < 4.78 is 5.59. The fourth-order valence-corrected chi connectivity index (χ4v) is 2.49. The molecule has 0 radical (unpaired) electrons. The van der Waals surface area contributed by atoms with Crippen LogP contribution in [0.4, 0.5) is 0 Å². The zero-order chi connectivity index (χ0) is 13.4. The monoisotopic (exact) mass is 270 g/mol. The topological polar surface area (TPSA) is 30.2 Å². The van der Waals surface area contributed by atoms with Crippen LogP contribution in [-0.4, -0.2) is 6.29 Å². The molecule has 1 aromatic heterocycles. The maximum absolute atomic E-state index is 11.2. The van der Waals surface area contributed by atoms with Crippen molar-refractivity contribution in [1.82, 2.24) is 0 Å². The van der Waals surface area contributed by atoms with Gasteiger partial charge in [0.2, 0.25) is 0 Å². The number of carbonyl (C=O) groups is 1. The van der Waals surface area contributed by atoms with E-state index in [1.54, 1.807) is 6.07 Å². The number of furan rings is 1. The first kappa shape index (κ1) is 12.0. The molecule has 0 amide bonds. The summed E-state index contributed by atoms with van der Waals surface area (Å²) in [6, 6.07) is 13.3. The van der Waals surface area contributed by atoms with E-state index in [9.17, 15) is 4.79 Å². The molecule has 0 saturated heterocycles. The molecule has 0 spiro atoms. The van der Waals surface area contributed by atoms with Gasteiger partial charge < -0.3 is 4.42 Å². The lowest BCUT2D eigenvalue weighted by Gasteiger charge is -2.03. The van der Waals surface area contributed by atoms with E-state index in [0.29, 0.717) is 16.4 Å². The number of rotatable bonds is 2. The Labute approximate surface area is 115 Å². The van der Waals surface area contributed by atoms with Crippen LogP contribution in [0.5, 0.6) is 0 Å². The van der Waals surface area contributed by atoms with E-state index in [1.807, 2.05) is 43.3 Å². The molecule has 0 N–H and O–H groups in total. The zero-order valence-corrected chi connectivity index (χ0v) is 11.1. The molecule has 0 fully saturated rings. The van der Waals surface area contributed by atoms with Gasteiger partial charge in [0.1, 0.15) is 5.58 Å². The van der Waals surface area contributed by atoms with E-state index in [-0.39, 0.29) is 0 Å². The van der Waals surface area contributed by atoms with Gasteiger partial charge in [-0.2, -0.15) is 0 Å². The molecule has 0 aliphatic rings. The first-order valence-corrected chi connectivity index (χ1v) is 6.31. The molecule has 1 heterocycles. The van der Waals surface area contributed by atoms with Crippen molar-refractivity contribution in [3.05, 3.63) is 58.8 Å². The molecule has 0 unspecified atom stereocenters. The summed E-state index contributed by atoms with van der Waals surface area (Å²) in [5.74, 6) is 0.314. The van der Waals surface area contributed by atoms with Crippen LogP contribution in [0.1, 0.15) is 16.1 Å². The highest BCUT2D eigenvalue weighted by Crippen LogP contribution is 2.37. The molecule has 19 heavy (non-hydrogen) atoms. The largest absolute Gasteiger partial charge is 0.453 e. The summed E-state index contributed by atoms with van der Waals surface area (Å²) in [6.07, 6.45) is 0.730. The van der Waals surface area contributed by atoms with Gasteiger partial charge in [-0.1, -0.05) is 41.4 Å². The molecule has 3 heteroatoms. The number of hydrogen-bond acceptors (Lipinski definition) is 2. The third kappa shape index (κ3) is 1.94. The number of carbonyl (C=O) groups excluding carboxylic acids is 1. The zero-order valence-electron chi connectivity index (χ0n) is 10.3. The molecular formula is C16H11ClO2. The summed E-state index contributed by atoms with van der Waals surface area (Å²) in [5, 5.41) is 1.52. The van der Waals surface area contributed by atoms with E-state index in [2.05, 4.69) is 0 Å². The van der Waals surface area contributed by atoms with Crippen molar-refractivity contribution in [2.45, 2.75) is 6.92 Å². The van der Waals surface area contributed by atoms with Crippen molar-refractivity contribution >= 4 is 28.9 Å². The second kappa shape index (κ2) is 4.56. The normalized spacial score (nSPS) is 10.8. The van der Waals surface area contributed by atoms with Crippen LogP contribution in [-0.2, 0) is 0 Å². The van der Waals surface area contributed by atoms with Crippen molar-refractivity contribution in [3.63, 3.8) is 0 Å². The molecule has 3 rings (SSSR count). The van der Waals surface area contributed by atoms with Crippen LogP contribution in [0, 0.1) is 6.92 Å². The molecule has 0 bridgehead atoms. The van der Waals surface area contributed by atoms with Crippen LogP contribution >= 0.6 is 11.6 Å². The maximum atomic E-state index is 11.2. The van der Waals surface area contributed by atoms with Gasteiger partial charge in [-0.05, 0) is 25.1 Å². The van der Waals surface area contributed by atoms with Gasteiger partial charge in [-0.25, -0.2) is 0 Å². The van der Waals surface area contributed by atoms with E-state index in [0.717, 1.165) is 28.4 Å². The molecule has 3 aromatic rings. The average Bonchev–Trinajstić information content (AvgIpc) is 2.77. The van der Waals surface area contributed by atoms with Crippen LogP contribution in [0.25, 0.3) is 22.1 Å². The first-order valence-electron chi connectivity index (χ1n) is 5.94. The highest BCUT2D eigenvalue weighted by molar-refractivity contribution is 6.34. The van der Waals surface area contributed by atoms with Crippen LogP contribution in [0.2, 0.25) is 5.02 Å². The van der Waals surface area contributed by atoms with E-state index in [4.69, 9.17) is 16.0 Å². The predicted octanol–water partition coefficient (Wildman–Crippen LogP) is 4.87. The smallest absolute Gasteiger partial charge is 0.186 e. The number of fused-ring (bicyclic) bond motifs is 1. The summed E-state index contributed by atoms with van der Waals surface area (Å²) in [7, 11) is 0. The number of aryl methyl sites for hydroxylation is 1. The van der Waals surface area contributed by atoms with Gasteiger partial charge in [0, 0.05) is 21.5 Å². The third-order valence-electron chi connectivity index (χ3n) is 3.12. The first-order chi connectivity index (χ1) is 9.20. The second-order valence-corrected chi connectivity index (χ2v) is 4.85. The molecule has 0 aliphatic carbocycles. The quantitative estimate of drug-likeness (QED) is 0.622. The molecule has 0 aliphatic heterocycles. The predicted molar refractivity (Wildman–Crippen MR) is 76.8 cm³/mol. The van der Waals surface area contributed by atoms with Gasteiger partial charge >= 0.3 is 0 Å². The van der Waals surface area contributed by atoms with Crippen molar-refractivity contribution in [3.8, 4) is 11.1 Å². The minimum Gasteiger partial charge on any atom is -0.453 e. The number of benzene rings is 2. The Balaban J connectivity index is 2.41. The molecule has 0 saturated carbocycles. The summed E-state index contributed by atoms with van der Waals surface area (Å²) in [6.45, 7) is 2.00. The summed E-state index contributed by atoms with van der Waals surface area (Å²) >= 11 is 6.23. The molecule has 2 nitrogen and oxygen atoms in total. The minimum absolute atomic E-state index is 0.314. The van der Waals surface area contributed by atoms with E-state index >= 15 is 0 Å². The highest BCUT2D eigenvalue weighted by Gasteiger charge is 2.17. The Hall–Kier alpha value is -2.06. The third-order valence-corrected chi connectivity index (χ3v) is 3.45. The fraction of sp³-hybridized carbons (Fsp3) is 0.0625. The van der Waals surface area contributed by atoms with Crippen molar-refractivity contribution < 1.29 is 9.21 Å². The number of halogens is 1. The minimum atomic E-state index is 0.314. The van der Waals surface area contributed by atoms with E-state index < -0.39 is 0 Å². The average molecular weight is 271 g/mol. The van der Waals surface area contributed by atoms with Crippen LogP contribution < -0.4 is 0 Å². The van der Waals surface area contributed by atoms with Gasteiger partial charge in [0.15, 0.2) is 12.0 Å². The Morgan fingerprint density at radius 1 is 1.16 bits per heavy atom. The van der Waals surface area contributed by atoms with Crippen LogP contribution in [0.15, 0.2) is 46.9 Å². The molecule has 2 aromatic carbocycles. The molecule has 94 valence electrons. The Kier molecular flexibility index (Phi) is 2.88. The van der Waals surface area contributed by atoms with Crippen molar-refractivity contribution in [1.29, 1.82) is 0 Å². The van der Waals surface area contributed by atoms with Gasteiger partial charge in [-0.3, -0.25) is 4.79 Å². The van der Waals surface area contributed by atoms with E-state index in [1.165, 1.54) is 0 Å². The van der Waals surface area contributed by atoms with Gasteiger partial charge in [-0.15, -0.1) is 0 Å². The Morgan fingerprint density at radius 2 is 1.95 bits per heavy atom. The summed E-state index contributed by atoms with van der Waals surface area (Å²) in [5.41, 5.74) is 3.39. The lowest BCUT2D eigenvalue weighted by Crippen LogP contribution is -1.83. The lowest BCUT2D eigenvalue weighted by molar-refractivity contribution is 0.110. The highest BCUT2D eigenvalue weighted by atomic mass is 35.5. The number of hydrogen-bond donors (Lipinski definition) is 0. The number of aldehydes is 1. The maximum Gasteiger partial charge on any atom is 0.186 e. The van der Waals surface area contributed by atoms with Crippen molar-refractivity contribution in [2.24, 2.45) is 0 Å². The summed E-state index contributed by atoms with van der Waals surface area (Å²) in [4.78, 5) is 11.2. The standard InChI is InChI=1S/C16H11ClO2/c1-10-6-7-14-12(8-10)16(15(9-18)19-14)11-4-2-3-5-13(11)17/h2-9H,1H3. The SMILES string of the molecule is Cc1ccc2oc(C=O)c(-c3ccccc3Cl)c2c1. The van der Waals surface area contributed by atoms with Crippen molar-refractivity contribution in [2.75, 3.05) is 0 Å². The fourth-order valence-electron chi connectivity index (χ4n) is 2.26. The second-order valence-electron chi connectivity index (χ2n) is 4.44. The van der Waals surface area contributed by atoms with Crippen LogP contribution in [0.3, 0.4) is 0 Å². The lowest BCUT2D eigenvalue weighted by atomic mass is 10.0. The van der Waals surface area contributed by atoms with Gasteiger partial charge in [0.25, 0.3) is 0 Å². The molecular weight excluding hydrogens is 260 g/mol. The Morgan fingerprint density at radius 3 is 2.68 bits per heavy atom.